The van der Waals surface area contributed by atoms with E-state index in [9.17, 15) is 9.18 Å². The first-order valence-electron chi connectivity index (χ1n) is 16.1. The molecule has 0 spiro atoms. The standard InChI is InChI=1S/C15H10Cl2O2S.C13H9FOS2.C13H10O2S/c1-8-3-2-4-9(14(8)17)13-10(7-19-15(13)18)11-5-6-12(16)20-11;1-8-13(11-3-2-6-16-11)9(7-15-8)10-4-5-12(14)17-10;1-9-13(12-5-3-7-16-12)10(8-15-9)11-4-2-6-14-11/h2-6H,7H2,1H3;2-6H,1,7H2;2-7H,1,8H2. The summed E-state index contributed by atoms with van der Waals surface area (Å²) in [6.45, 7) is 11.0. The minimum atomic E-state index is -0.336. The summed E-state index contributed by atoms with van der Waals surface area (Å²) in [6.07, 6.45) is 1.68. The van der Waals surface area contributed by atoms with Crippen LogP contribution in [0.2, 0.25) is 9.36 Å². The lowest BCUT2D eigenvalue weighted by molar-refractivity contribution is -0.133. The van der Waals surface area contributed by atoms with Crippen LogP contribution in [-0.2, 0) is 19.0 Å². The molecule has 5 aromatic heterocycles. The van der Waals surface area contributed by atoms with Gasteiger partial charge < -0.3 is 18.6 Å². The molecule has 0 aliphatic carbocycles. The first-order valence-corrected chi connectivity index (χ1v) is 20.2. The predicted molar refractivity (Wildman–Crippen MR) is 219 cm³/mol. The van der Waals surface area contributed by atoms with Gasteiger partial charge in [0, 0.05) is 52.9 Å². The van der Waals surface area contributed by atoms with E-state index in [0.29, 0.717) is 39.5 Å². The van der Waals surface area contributed by atoms with Crippen molar-refractivity contribution in [2.45, 2.75) is 6.92 Å². The number of cyclic esters (lactones) is 1. The number of hydrogen-bond donors (Lipinski definition) is 0. The van der Waals surface area contributed by atoms with Gasteiger partial charge in [0.1, 0.15) is 37.1 Å². The first kappa shape index (κ1) is 36.9. The lowest BCUT2D eigenvalue weighted by atomic mass is 9.99. The molecular formula is C41H29Cl2FO5S4. The third kappa shape index (κ3) is 7.94. The molecule has 0 saturated heterocycles. The fourth-order valence-electron chi connectivity index (χ4n) is 5.86. The van der Waals surface area contributed by atoms with E-state index in [1.807, 2.05) is 78.3 Å². The number of rotatable bonds is 6. The molecule has 0 saturated carbocycles. The average Bonchev–Trinajstić information content (AvgIpc) is 3.98. The highest BCUT2D eigenvalue weighted by Gasteiger charge is 2.30. The molecule has 268 valence electrons. The molecular weight excluding hydrogens is 791 g/mol. The van der Waals surface area contributed by atoms with Crippen LogP contribution in [-0.4, -0.2) is 25.8 Å². The van der Waals surface area contributed by atoms with Gasteiger partial charge in [-0.25, -0.2) is 4.79 Å². The summed E-state index contributed by atoms with van der Waals surface area (Å²) in [5, 5.41) is 4.48. The SMILES string of the molecule is C=C1OCC(c2ccc(F)s2)=C1c1cccs1.C=C1OCC(c2ccco2)=C1c1cccs1.Cc1cccc(C2=C(c3ccc(Cl)s3)COC2=O)c1Cl. The maximum atomic E-state index is 13.1. The van der Waals surface area contributed by atoms with Crippen molar-refractivity contribution in [3.63, 3.8) is 0 Å². The molecule has 1 aromatic carbocycles. The maximum Gasteiger partial charge on any atom is 0.339 e. The Kier molecular flexibility index (Phi) is 11.4. The van der Waals surface area contributed by atoms with E-state index in [1.54, 1.807) is 35.0 Å². The van der Waals surface area contributed by atoms with Crippen molar-refractivity contribution in [1.29, 1.82) is 0 Å². The monoisotopic (exact) mass is 818 g/mol. The lowest BCUT2D eigenvalue weighted by Crippen LogP contribution is -1.99. The smallest absolute Gasteiger partial charge is 0.339 e. The van der Waals surface area contributed by atoms with Gasteiger partial charge in [0.25, 0.3) is 0 Å². The summed E-state index contributed by atoms with van der Waals surface area (Å²) in [7, 11) is 0. The zero-order valence-electron chi connectivity index (χ0n) is 28.1. The molecule has 53 heavy (non-hydrogen) atoms. The summed E-state index contributed by atoms with van der Waals surface area (Å²) in [6, 6.07) is 24.6. The van der Waals surface area contributed by atoms with E-state index in [-0.39, 0.29) is 17.7 Å². The Labute approximate surface area is 331 Å². The number of furan rings is 1. The van der Waals surface area contributed by atoms with Crippen LogP contribution in [0.15, 0.2) is 125 Å². The van der Waals surface area contributed by atoms with Crippen LogP contribution in [0.5, 0.6) is 0 Å². The van der Waals surface area contributed by atoms with E-state index in [4.69, 9.17) is 41.8 Å². The summed E-state index contributed by atoms with van der Waals surface area (Å²) in [5.74, 6) is 1.93. The summed E-state index contributed by atoms with van der Waals surface area (Å²) in [5.41, 5.74) is 7.24. The Bertz CT molecular complexity index is 2390. The fraction of sp³-hybridized carbons (Fsp3) is 0.0976. The number of carbonyl (C=O) groups excluding carboxylic acids is 1. The van der Waals surface area contributed by atoms with Gasteiger partial charge in [0.2, 0.25) is 0 Å². The molecule has 0 amide bonds. The molecule has 3 aliphatic heterocycles. The first-order chi connectivity index (χ1) is 25.7. The number of thiophene rings is 4. The van der Waals surface area contributed by atoms with Crippen LogP contribution in [0.3, 0.4) is 0 Å². The van der Waals surface area contributed by atoms with Crippen LogP contribution in [0.1, 0.15) is 36.4 Å². The van der Waals surface area contributed by atoms with Gasteiger partial charge in [-0.3, -0.25) is 0 Å². The number of allylic oxidation sites excluding steroid dienone is 2. The number of ether oxygens (including phenoxy) is 3. The second kappa shape index (κ2) is 16.3. The second-order valence-electron chi connectivity index (χ2n) is 11.6. The van der Waals surface area contributed by atoms with Crippen LogP contribution in [0.4, 0.5) is 4.39 Å². The van der Waals surface area contributed by atoms with Crippen LogP contribution in [0, 0.1) is 12.1 Å². The van der Waals surface area contributed by atoms with Gasteiger partial charge in [-0.05, 0) is 71.8 Å². The Morgan fingerprint density at radius 3 is 1.87 bits per heavy atom. The maximum absolute atomic E-state index is 13.1. The van der Waals surface area contributed by atoms with Crippen molar-refractivity contribution >= 4 is 108 Å². The minimum Gasteiger partial charge on any atom is -0.489 e. The van der Waals surface area contributed by atoms with Gasteiger partial charge in [0.05, 0.1) is 21.2 Å². The Morgan fingerprint density at radius 1 is 0.660 bits per heavy atom. The largest absolute Gasteiger partial charge is 0.489 e. The molecule has 0 atom stereocenters. The van der Waals surface area contributed by atoms with E-state index in [1.165, 1.54) is 22.3 Å². The number of esters is 1. The number of halogens is 3. The molecule has 12 heteroatoms. The fourth-order valence-corrected chi connectivity index (χ4v) is 9.56. The van der Waals surface area contributed by atoms with Gasteiger partial charge in [-0.1, -0.05) is 66.7 Å². The van der Waals surface area contributed by atoms with Crippen LogP contribution in [0.25, 0.3) is 33.4 Å². The van der Waals surface area contributed by atoms with Crippen molar-refractivity contribution in [3.8, 4) is 0 Å². The topological polar surface area (TPSA) is 57.9 Å². The van der Waals surface area contributed by atoms with Crippen molar-refractivity contribution in [1.82, 2.24) is 0 Å². The van der Waals surface area contributed by atoms with Crippen LogP contribution >= 0.6 is 68.5 Å². The zero-order valence-corrected chi connectivity index (χ0v) is 32.9. The molecule has 0 fully saturated rings. The molecule has 0 unspecified atom stereocenters. The Balaban J connectivity index is 0.000000124. The number of benzene rings is 1. The van der Waals surface area contributed by atoms with Gasteiger partial charge >= 0.3 is 5.97 Å². The van der Waals surface area contributed by atoms with Gasteiger partial charge in [0.15, 0.2) is 5.13 Å². The van der Waals surface area contributed by atoms with Crippen molar-refractivity contribution < 1.29 is 27.8 Å². The van der Waals surface area contributed by atoms with Crippen LogP contribution < -0.4 is 0 Å². The molecule has 8 heterocycles. The molecule has 9 rings (SSSR count). The second-order valence-corrected chi connectivity index (χ2v) is 16.7. The minimum absolute atomic E-state index is 0.171. The molecule has 5 nitrogen and oxygen atoms in total. The highest BCUT2D eigenvalue weighted by Crippen LogP contribution is 2.43. The van der Waals surface area contributed by atoms with E-state index in [0.717, 1.165) is 70.9 Å². The average molecular weight is 820 g/mol. The third-order valence-electron chi connectivity index (χ3n) is 8.35. The number of carbonyl (C=O) groups is 1. The lowest BCUT2D eigenvalue weighted by Gasteiger charge is -2.07. The highest BCUT2D eigenvalue weighted by molar-refractivity contribution is 7.17. The predicted octanol–water partition coefficient (Wildman–Crippen LogP) is 13.0. The normalized spacial score (nSPS) is 15.3. The molecule has 0 bridgehead atoms. The highest BCUT2D eigenvalue weighted by atomic mass is 35.5. The van der Waals surface area contributed by atoms with E-state index < -0.39 is 0 Å². The Hall–Kier alpha value is -4.42. The van der Waals surface area contributed by atoms with Crippen molar-refractivity contribution in [2.75, 3.05) is 19.8 Å². The number of aryl methyl sites for hydroxylation is 1. The van der Waals surface area contributed by atoms with Gasteiger partial charge in [-0.15, -0.1) is 45.3 Å². The van der Waals surface area contributed by atoms with E-state index in [2.05, 4.69) is 19.2 Å². The molecule has 0 N–H and O–H groups in total. The molecule has 0 radical (unpaired) electrons. The summed E-state index contributed by atoms with van der Waals surface area (Å²) in [4.78, 5) is 16.2. The summed E-state index contributed by atoms with van der Waals surface area (Å²) >= 11 is 18.2. The summed E-state index contributed by atoms with van der Waals surface area (Å²) < 4.78 is 35.4. The zero-order chi connectivity index (χ0) is 37.1. The third-order valence-corrected chi connectivity index (χ3v) is 12.9. The van der Waals surface area contributed by atoms with Gasteiger partial charge in [-0.2, -0.15) is 4.39 Å². The quantitative estimate of drug-likeness (QED) is 0.157. The molecule has 3 aliphatic rings. The van der Waals surface area contributed by atoms with Crippen molar-refractivity contribution in [2.24, 2.45) is 0 Å². The number of hydrogen-bond acceptors (Lipinski definition) is 9. The van der Waals surface area contributed by atoms with Crippen molar-refractivity contribution in [3.05, 3.63) is 171 Å². The Morgan fingerprint density at radius 2 is 1.28 bits per heavy atom. The van der Waals surface area contributed by atoms with E-state index >= 15 is 0 Å². The molecule has 6 aromatic rings.